The molecule has 0 saturated carbocycles. The van der Waals surface area contributed by atoms with Crippen LogP contribution in [0, 0.1) is 0 Å². The molecule has 1 aliphatic heterocycles. The van der Waals surface area contributed by atoms with Gasteiger partial charge in [-0.25, -0.2) is 0 Å². The van der Waals surface area contributed by atoms with E-state index in [2.05, 4.69) is 48.3 Å². The van der Waals surface area contributed by atoms with Crippen molar-refractivity contribution in [1.82, 2.24) is 5.32 Å². The normalized spacial score (nSPS) is 21.6. The molecule has 1 N–H and O–H groups in total. The van der Waals surface area contributed by atoms with E-state index in [0.717, 1.165) is 6.54 Å². The molecule has 1 aliphatic rings. The van der Waals surface area contributed by atoms with Gasteiger partial charge in [0.2, 0.25) is 0 Å². The van der Waals surface area contributed by atoms with Crippen molar-refractivity contribution in [3.63, 3.8) is 0 Å². The van der Waals surface area contributed by atoms with Crippen LogP contribution in [0.5, 0.6) is 0 Å². The van der Waals surface area contributed by atoms with Crippen molar-refractivity contribution in [2.45, 2.75) is 49.7 Å². The number of hydrogen-bond donors (Lipinski definition) is 1. The second kappa shape index (κ2) is 7.07. The Kier molecular flexibility index (Phi) is 6.07. The molecule has 1 unspecified atom stereocenters. The first kappa shape index (κ1) is 14.6. The highest BCUT2D eigenvalue weighted by Crippen LogP contribution is 2.47. The van der Waals surface area contributed by atoms with Crippen molar-refractivity contribution in [2.24, 2.45) is 0 Å². The second-order valence-corrected chi connectivity index (χ2v) is 6.17. The molecule has 1 atom stereocenters. The van der Waals surface area contributed by atoms with Crippen LogP contribution in [0.15, 0.2) is 29.2 Å². The summed E-state index contributed by atoms with van der Waals surface area (Å²) in [6.07, 6.45) is 3.80. The molecule has 96 valence electrons. The Balaban J connectivity index is 0.000000686. The molecule has 2 rings (SSSR count). The van der Waals surface area contributed by atoms with E-state index in [-0.39, 0.29) is 0 Å². The molecule has 1 nitrogen and oxygen atoms in total. The number of fused-ring (bicyclic) bond motifs is 1. The minimum absolute atomic E-state index is 0.431. The van der Waals surface area contributed by atoms with Crippen LogP contribution in [-0.2, 0) is 6.42 Å². The van der Waals surface area contributed by atoms with Crippen molar-refractivity contribution >= 4 is 11.8 Å². The van der Waals surface area contributed by atoms with Crippen LogP contribution in [0.2, 0.25) is 0 Å². The Labute approximate surface area is 110 Å². The molecule has 0 aromatic heterocycles. The zero-order valence-corrected chi connectivity index (χ0v) is 12.4. The van der Waals surface area contributed by atoms with Crippen LogP contribution < -0.4 is 5.32 Å². The Morgan fingerprint density at radius 1 is 1.29 bits per heavy atom. The van der Waals surface area contributed by atoms with E-state index in [1.54, 1.807) is 0 Å². The smallest absolute Gasteiger partial charge is 0.0220 e. The van der Waals surface area contributed by atoms with Crippen LogP contribution >= 0.6 is 11.8 Å². The zero-order chi connectivity index (χ0) is 12.7. The largest absolute Gasteiger partial charge is 0.320 e. The van der Waals surface area contributed by atoms with Gasteiger partial charge in [0, 0.05) is 9.64 Å². The maximum absolute atomic E-state index is 3.22. The molecule has 1 aromatic carbocycles. The topological polar surface area (TPSA) is 12.0 Å². The molecule has 0 bridgehead atoms. The number of hydrogen-bond acceptors (Lipinski definition) is 2. The number of nitrogens with one attached hydrogen (secondary N) is 1. The predicted molar refractivity (Wildman–Crippen MR) is 78.9 cm³/mol. The van der Waals surface area contributed by atoms with Crippen molar-refractivity contribution in [2.75, 3.05) is 13.6 Å². The summed E-state index contributed by atoms with van der Waals surface area (Å²) in [5, 5.41) is 3.22. The third-order valence-corrected chi connectivity index (χ3v) is 4.49. The summed E-state index contributed by atoms with van der Waals surface area (Å²) >= 11 is 2.06. The average Bonchev–Trinajstić information content (AvgIpc) is 2.68. The van der Waals surface area contributed by atoms with Crippen molar-refractivity contribution in [1.29, 1.82) is 0 Å². The summed E-state index contributed by atoms with van der Waals surface area (Å²) < 4.78 is 0.431. The molecule has 1 heterocycles. The summed E-state index contributed by atoms with van der Waals surface area (Å²) in [6.45, 7) is 7.53. The molecule has 0 fully saturated rings. The van der Waals surface area contributed by atoms with Gasteiger partial charge in [-0.05, 0) is 51.4 Å². The highest BCUT2D eigenvalue weighted by atomic mass is 32.2. The first-order chi connectivity index (χ1) is 8.23. The third-order valence-electron chi connectivity index (χ3n) is 3.03. The third kappa shape index (κ3) is 4.04. The van der Waals surface area contributed by atoms with E-state index >= 15 is 0 Å². The second-order valence-electron chi connectivity index (χ2n) is 4.54. The lowest BCUT2D eigenvalue weighted by atomic mass is 9.96. The van der Waals surface area contributed by atoms with Gasteiger partial charge in [-0.1, -0.05) is 32.0 Å². The minimum Gasteiger partial charge on any atom is -0.320 e. The quantitative estimate of drug-likeness (QED) is 0.808. The van der Waals surface area contributed by atoms with Gasteiger partial charge in [0.1, 0.15) is 0 Å². The maximum atomic E-state index is 3.22. The van der Waals surface area contributed by atoms with Gasteiger partial charge in [-0.3, -0.25) is 0 Å². The van der Waals surface area contributed by atoms with Crippen molar-refractivity contribution < 1.29 is 0 Å². The van der Waals surface area contributed by atoms with Crippen LogP contribution in [0.3, 0.4) is 0 Å². The molecular formula is C15H25NS. The highest BCUT2D eigenvalue weighted by molar-refractivity contribution is 8.01. The summed E-state index contributed by atoms with van der Waals surface area (Å²) in [7, 11) is 2.03. The van der Waals surface area contributed by atoms with E-state index in [9.17, 15) is 0 Å². The van der Waals surface area contributed by atoms with E-state index in [1.165, 1.54) is 29.7 Å². The Bertz CT molecular complexity index is 310. The van der Waals surface area contributed by atoms with Crippen molar-refractivity contribution in [3.8, 4) is 0 Å². The molecule has 0 saturated heterocycles. The molecule has 1 aromatic rings. The molecule has 0 amide bonds. The van der Waals surface area contributed by atoms with E-state index in [1.807, 2.05) is 20.9 Å². The molecule has 0 radical (unpaired) electrons. The number of rotatable bonds is 4. The van der Waals surface area contributed by atoms with Crippen molar-refractivity contribution in [3.05, 3.63) is 29.8 Å². The van der Waals surface area contributed by atoms with Gasteiger partial charge < -0.3 is 5.32 Å². The lowest BCUT2D eigenvalue weighted by molar-refractivity contribution is 0.551. The SMILES string of the molecule is CC.CNCCCC1(C)Cc2ccccc2S1. The van der Waals surface area contributed by atoms with Gasteiger partial charge in [-0.15, -0.1) is 11.8 Å². The van der Waals surface area contributed by atoms with E-state index in [0.29, 0.717) is 4.75 Å². The molecule has 17 heavy (non-hydrogen) atoms. The first-order valence-corrected chi connectivity index (χ1v) is 7.47. The number of benzene rings is 1. The predicted octanol–water partition coefficient (Wildman–Crippen LogP) is 4.12. The zero-order valence-electron chi connectivity index (χ0n) is 11.5. The minimum atomic E-state index is 0.431. The van der Waals surface area contributed by atoms with Crippen LogP contribution in [0.4, 0.5) is 0 Å². The lowest BCUT2D eigenvalue weighted by Crippen LogP contribution is -2.21. The maximum Gasteiger partial charge on any atom is 0.0220 e. The van der Waals surface area contributed by atoms with Gasteiger partial charge in [0.05, 0.1) is 0 Å². The van der Waals surface area contributed by atoms with Gasteiger partial charge in [-0.2, -0.15) is 0 Å². The molecular weight excluding hydrogens is 226 g/mol. The fraction of sp³-hybridized carbons (Fsp3) is 0.600. The van der Waals surface area contributed by atoms with E-state index in [4.69, 9.17) is 0 Å². The van der Waals surface area contributed by atoms with Crippen LogP contribution in [-0.4, -0.2) is 18.3 Å². The fourth-order valence-corrected chi connectivity index (χ4v) is 3.66. The fourth-order valence-electron chi connectivity index (χ4n) is 2.23. The number of thioether (sulfide) groups is 1. The Hall–Kier alpha value is -0.470. The summed E-state index contributed by atoms with van der Waals surface area (Å²) in [6, 6.07) is 8.82. The monoisotopic (exact) mass is 251 g/mol. The van der Waals surface area contributed by atoms with Gasteiger partial charge in [0.15, 0.2) is 0 Å². The van der Waals surface area contributed by atoms with Crippen LogP contribution in [0.25, 0.3) is 0 Å². The first-order valence-electron chi connectivity index (χ1n) is 6.65. The summed E-state index contributed by atoms with van der Waals surface area (Å²) in [4.78, 5) is 1.49. The molecule has 0 spiro atoms. The highest BCUT2D eigenvalue weighted by Gasteiger charge is 2.32. The van der Waals surface area contributed by atoms with Crippen LogP contribution in [0.1, 0.15) is 39.2 Å². The van der Waals surface area contributed by atoms with Gasteiger partial charge in [0.25, 0.3) is 0 Å². The van der Waals surface area contributed by atoms with Gasteiger partial charge >= 0.3 is 0 Å². The summed E-state index contributed by atoms with van der Waals surface area (Å²) in [5.74, 6) is 0. The lowest BCUT2D eigenvalue weighted by Gasteiger charge is -2.22. The average molecular weight is 251 g/mol. The standard InChI is InChI=1S/C13H19NS.C2H6/c1-13(8-5-9-14-2)10-11-6-3-4-7-12(11)15-13;1-2/h3-4,6-7,14H,5,8-10H2,1-2H3;1-2H3. The summed E-state index contributed by atoms with van der Waals surface area (Å²) in [5.41, 5.74) is 1.54. The molecule has 2 heteroatoms. The van der Waals surface area contributed by atoms with E-state index < -0.39 is 0 Å². The Morgan fingerprint density at radius 3 is 2.65 bits per heavy atom. The molecule has 0 aliphatic carbocycles. The Morgan fingerprint density at radius 2 is 2.00 bits per heavy atom.